The minimum absolute atomic E-state index is 0.164. The fourth-order valence-corrected chi connectivity index (χ4v) is 1.45. The number of hydrogen-bond donors (Lipinski definition) is 0. The number of hydrogen-bond acceptors (Lipinski definition) is 1. The summed E-state index contributed by atoms with van der Waals surface area (Å²) in [4.78, 5) is 0. The molecule has 0 N–H and O–H groups in total. The van der Waals surface area contributed by atoms with Crippen LogP contribution < -0.4 is 10.1 Å². The fraction of sp³-hybridized carbons (Fsp3) is 0.500. The van der Waals surface area contributed by atoms with Crippen molar-refractivity contribution in [2.24, 2.45) is 0 Å². The number of aryl methyl sites for hydroxylation is 1. The van der Waals surface area contributed by atoms with Gasteiger partial charge in [0.15, 0.2) is 0 Å². The summed E-state index contributed by atoms with van der Waals surface area (Å²) in [5.41, 5.74) is 0.832. The molecule has 1 rings (SSSR count). The molecule has 0 aliphatic rings. The molecule has 1 radical (unpaired) electrons. The average Bonchev–Trinajstić information content (AvgIpc) is 2.23. The highest BCUT2D eigenvalue weighted by Crippen LogP contribution is 2.23. The van der Waals surface area contributed by atoms with Crippen LogP contribution in [0.3, 0.4) is 0 Å². The third kappa shape index (κ3) is 6.16. The predicted molar refractivity (Wildman–Crippen MR) is 59.0 cm³/mol. The van der Waals surface area contributed by atoms with E-state index >= 15 is 0 Å². The summed E-state index contributed by atoms with van der Waals surface area (Å²) in [6, 6.07) is 6.06. The second-order valence-corrected chi connectivity index (χ2v) is 3.56. The molecule has 0 aliphatic heterocycles. The summed E-state index contributed by atoms with van der Waals surface area (Å²) in [6.07, 6.45) is -3.09. The molecule has 1 aromatic carbocycles. The molecule has 0 heterocycles. The Morgan fingerprint density at radius 3 is 2.71 bits per heavy atom. The molecule has 0 amide bonds. The molecule has 0 atom stereocenters. The maximum absolute atomic E-state index is 12.0. The van der Waals surface area contributed by atoms with Gasteiger partial charge in [0.2, 0.25) is 0 Å². The third-order valence-electron chi connectivity index (χ3n) is 2.14. The van der Waals surface area contributed by atoms with Crippen molar-refractivity contribution in [3.63, 3.8) is 0 Å². The first-order valence-electron chi connectivity index (χ1n) is 5.49. The second kappa shape index (κ2) is 6.49. The van der Waals surface area contributed by atoms with E-state index in [1.165, 1.54) is 12.1 Å². The van der Waals surface area contributed by atoms with Crippen LogP contribution in [0.5, 0.6) is 5.75 Å². The van der Waals surface area contributed by atoms with Gasteiger partial charge in [0.05, 0.1) is 0 Å². The smallest absolute Gasteiger partial charge is 0.406 e. The van der Waals surface area contributed by atoms with Crippen LogP contribution in [0.15, 0.2) is 24.3 Å². The Bertz CT molecular complexity index is 339. The third-order valence-corrected chi connectivity index (χ3v) is 2.14. The van der Waals surface area contributed by atoms with E-state index in [2.05, 4.69) is 10.1 Å². The molecule has 0 aromatic heterocycles. The Morgan fingerprint density at radius 2 is 2.06 bits per heavy atom. The molecule has 5 heteroatoms. The zero-order valence-electron chi connectivity index (χ0n) is 9.63. The Balaban J connectivity index is 2.48. The van der Waals surface area contributed by atoms with Crippen LogP contribution in [0.2, 0.25) is 0 Å². The van der Waals surface area contributed by atoms with Crippen molar-refractivity contribution in [2.45, 2.75) is 26.1 Å². The van der Waals surface area contributed by atoms with Gasteiger partial charge in [-0.25, -0.2) is 5.32 Å². The van der Waals surface area contributed by atoms with Crippen molar-refractivity contribution in [3.05, 3.63) is 29.8 Å². The van der Waals surface area contributed by atoms with E-state index in [0.29, 0.717) is 6.42 Å². The molecule has 1 aromatic rings. The average molecular weight is 246 g/mol. The topological polar surface area (TPSA) is 23.3 Å². The van der Waals surface area contributed by atoms with Gasteiger partial charge in [-0.05, 0) is 30.5 Å². The van der Waals surface area contributed by atoms with E-state index in [0.717, 1.165) is 25.1 Å². The molecule has 95 valence electrons. The van der Waals surface area contributed by atoms with Crippen LogP contribution in [-0.2, 0) is 6.42 Å². The summed E-state index contributed by atoms with van der Waals surface area (Å²) in [5.74, 6) is -0.164. The lowest BCUT2D eigenvalue weighted by Crippen LogP contribution is -2.17. The fourth-order valence-electron chi connectivity index (χ4n) is 1.45. The van der Waals surface area contributed by atoms with Gasteiger partial charge in [0.1, 0.15) is 5.75 Å². The SMILES string of the molecule is CC[N]CCCc1cccc(OC(F)(F)F)c1. The molecule has 0 saturated carbocycles. The summed E-state index contributed by atoms with van der Waals surface area (Å²) >= 11 is 0. The highest BCUT2D eigenvalue weighted by molar-refractivity contribution is 5.28. The van der Waals surface area contributed by atoms with E-state index in [-0.39, 0.29) is 5.75 Å². The van der Waals surface area contributed by atoms with E-state index < -0.39 is 6.36 Å². The Morgan fingerprint density at radius 1 is 1.29 bits per heavy atom. The first-order chi connectivity index (χ1) is 8.01. The van der Waals surface area contributed by atoms with Gasteiger partial charge in [0, 0.05) is 13.1 Å². The lowest BCUT2D eigenvalue weighted by Gasteiger charge is -2.09. The number of ether oxygens (including phenoxy) is 1. The largest absolute Gasteiger partial charge is 0.573 e. The molecule has 0 unspecified atom stereocenters. The summed E-state index contributed by atoms with van der Waals surface area (Å²) in [6.45, 7) is 3.47. The van der Waals surface area contributed by atoms with Crippen molar-refractivity contribution in [2.75, 3.05) is 13.1 Å². The van der Waals surface area contributed by atoms with Crippen LogP contribution >= 0.6 is 0 Å². The van der Waals surface area contributed by atoms with Gasteiger partial charge in [0.25, 0.3) is 0 Å². The summed E-state index contributed by atoms with van der Waals surface area (Å²) in [5, 5.41) is 4.16. The maximum Gasteiger partial charge on any atom is 0.573 e. The first-order valence-corrected chi connectivity index (χ1v) is 5.49. The molecule has 0 aliphatic carbocycles. The number of benzene rings is 1. The summed E-state index contributed by atoms with van der Waals surface area (Å²) in [7, 11) is 0. The minimum Gasteiger partial charge on any atom is -0.406 e. The lowest BCUT2D eigenvalue weighted by atomic mass is 10.1. The zero-order valence-corrected chi connectivity index (χ0v) is 9.63. The minimum atomic E-state index is -4.63. The van der Waals surface area contributed by atoms with Crippen molar-refractivity contribution < 1.29 is 17.9 Å². The van der Waals surface area contributed by atoms with Gasteiger partial charge < -0.3 is 4.74 Å². The van der Waals surface area contributed by atoms with E-state index in [4.69, 9.17) is 0 Å². The molecule has 0 saturated heterocycles. The molecule has 0 bridgehead atoms. The van der Waals surface area contributed by atoms with E-state index in [1.807, 2.05) is 6.92 Å². The molecule has 0 spiro atoms. The number of rotatable bonds is 6. The van der Waals surface area contributed by atoms with Crippen molar-refractivity contribution in [1.82, 2.24) is 5.32 Å². The Hall–Kier alpha value is -1.23. The van der Waals surface area contributed by atoms with Crippen LogP contribution in [0.1, 0.15) is 18.9 Å². The predicted octanol–water partition coefficient (Wildman–Crippen LogP) is 3.14. The second-order valence-electron chi connectivity index (χ2n) is 3.56. The lowest BCUT2D eigenvalue weighted by molar-refractivity contribution is -0.274. The van der Waals surface area contributed by atoms with Crippen molar-refractivity contribution in [1.29, 1.82) is 0 Å². The molecule has 0 fully saturated rings. The summed E-state index contributed by atoms with van der Waals surface area (Å²) < 4.78 is 39.8. The Labute approximate surface area is 98.8 Å². The first kappa shape index (κ1) is 13.8. The van der Waals surface area contributed by atoms with Gasteiger partial charge in [-0.15, -0.1) is 13.2 Å². The number of halogens is 3. The Kier molecular flexibility index (Phi) is 5.28. The van der Waals surface area contributed by atoms with Gasteiger partial charge in [-0.1, -0.05) is 19.1 Å². The normalized spacial score (nSPS) is 11.5. The van der Waals surface area contributed by atoms with Gasteiger partial charge in [-0.3, -0.25) is 0 Å². The van der Waals surface area contributed by atoms with E-state index in [9.17, 15) is 13.2 Å². The standard InChI is InChI=1S/C12H15F3NO/c1-2-16-8-4-6-10-5-3-7-11(9-10)17-12(13,14)15/h3,5,7,9H,2,4,6,8H2,1H3. The number of alkyl halides is 3. The van der Waals surface area contributed by atoms with Crippen LogP contribution in [-0.4, -0.2) is 19.5 Å². The van der Waals surface area contributed by atoms with Crippen LogP contribution in [0.4, 0.5) is 13.2 Å². The molecule has 2 nitrogen and oxygen atoms in total. The van der Waals surface area contributed by atoms with Crippen LogP contribution in [0, 0.1) is 0 Å². The van der Waals surface area contributed by atoms with Gasteiger partial charge in [-0.2, -0.15) is 0 Å². The van der Waals surface area contributed by atoms with E-state index in [1.54, 1.807) is 12.1 Å². The monoisotopic (exact) mass is 246 g/mol. The molecular weight excluding hydrogens is 231 g/mol. The van der Waals surface area contributed by atoms with Crippen molar-refractivity contribution in [3.8, 4) is 5.75 Å². The molecular formula is C12H15F3NO. The molecule has 17 heavy (non-hydrogen) atoms. The maximum atomic E-state index is 12.0. The van der Waals surface area contributed by atoms with Gasteiger partial charge >= 0.3 is 6.36 Å². The zero-order chi connectivity index (χ0) is 12.7. The van der Waals surface area contributed by atoms with Crippen LogP contribution in [0.25, 0.3) is 0 Å². The van der Waals surface area contributed by atoms with Crippen molar-refractivity contribution >= 4 is 0 Å². The number of nitrogens with zero attached hydrogens (tertiary/aromatic N) is 1. The highest BCUT2D eigenvalue weighted by Gasteiger charge is 2.30. The quantitative estimate of drug-likeness (QED) is 0.707. The highest BCUT2D eigenvalue weighted by atomic mass is 19.4.